The number of aromatic nitrogens is 3. The van der Waals surface area contributed by atoms with Gasteiger partial charge in [0, 0.05) is 23.2 Å². The van der Waals surface area contributed by atoms with E-state index in [1.54, 1.807) is 33.9 Å². The molecule has 3 aromatic heterocycles. The lowest BCUT2D eigenvalue weighted by Crippen LogP contribution is -2.39. The number of carbonyl (C=O) groups excluding carboxylic acids is 1. The fourth-order valence-corrected chi connectivity index (χ4v) is 6.37. The third-order valence-corrected chi connectivity index (χ3v) is 8.19. The van der Waals surface area contributed by atoms with Gasteiger partial charge >= 0.3 is 6.09 Å². The molecule has 38 heavy (non-hydrogen) atoms. The van der Waals surface area contributed by atoms with E-state index in [0.717, 1.165) is 60.3 Å². The number of nitrogens with one attached hydrogen (secondary N) is 1. The Kier molecular flexibility index (Phi) is 6.16. The summed E-state index contributed by atoms with van der Waals surface area (Å²) in [6.07, 6.45) is 2.03. The van der Waals surface area contributed by atoms with E-state index in [-0.39, 0.29) is 6.09 Å². The molecular weight excluding hydrogens is 518 g/mol. The molecule has 0 radical (unpaired) electrons. The predicted molar refractivity (Wildman–Crippen MR) is 152 cm³/mol. The van der Waals surface area contributed by atoms with Crippen LogP contribution in [0.15, 0.2) is 48.2 Å². The van der Waals surface area contributed by atoms with E-state index < -0.39 is 5.60 Å². The molecule has 1 amide bonds. The smallest absolute Gasteiger partial charge is 0.410 e. The Hall–Kier alpha value is -3.76. The number of amides is 1. The summed E-state index contributed by atoms with van der Waals surface area (Å²) in [6.45, 7) is 8.79. The molecule has 0 spiro atoms. The van der Waals surface area contributed by atoms with Gasteiger partial charge in [0.15, 0.2) is 0 Å². The number of carbonyl (C=O) groups is 1. The van der Waals surface area contributed by atoms with Crippen LogP contribution >= 0.6 is 22.7 Å². The number of thiophene rings is 1. The normalized spacial score (nSPS) is 13.5. The van der Waals surface area contributed by atoms with Crippen LogP contribution in [0.25, 0.3) is 20.4 Å². The van der Waals surface area contributed by atoms with Crippen LogP contribution in [0.2, 0.25) is 0 Å². The topological polar surface area (TPSA) is 89.5 Å². The van der Waals surface area contributed by atoms with Gasteiger partial charge in [-0.3, -0.25) is 0 Å². The summed E-state index contributed by atoms with van der Waals surface area (Å²) >= 11 is 3.22. The van der Waals surface area contributed by atoms with Crippen LogP contribution in [0.4, 0.5) is 16.3 Å². The highest BCUT2D eigenvalue weighted by Crippen LogP contribution is 2.39. The summed E-state index contributed by atoms with van der Waals surface area (Å²) in [5.41, 5.74) is 5.36. The van der Waals surface area contributed by atoms with E-state index in [1.165, 1.54) is 5.56 Å². The van der Waals surface area contributed by atoms with Gasteiger partial charge in [0.1, 0.15) is 34.1 Å². The van der Waals surface area contributed by atoms with E-state index >= 15 is 0 Å². The first-order valence-corrected chi connectivity index (χ1v) is 14.0. The highest BCUT2D eigenvalue weighted by atomic mass is 32.1. The van der Waals surface area contributed by atoms with Crippen molar-refractivity contribution in [2.24, 2.45) is 0 Å². The van der Waals surface area contributed by atoms with Gasteiger partial charge in [0.2, 0.25) is 0 Å². The zero-order valence-electron chi connectivity index (χ0n) is 21.6. The predicted octanol–water partition coefficient (Wildman–Crippen LogP) is 7.44. The summed E-state index contributed by atoms with van der Waals surface area (Å²) in [6, 6.07) is 12.0. The average Bonchev–Trinajstić information content (AvgIpc) is 3.48. The molecule has 0 saturated carbocycles. The lowest BCUT2D eigenvalue weighted by Gasteiger charge is -2.30. The number of hydrogen-bond donors (Lipinski definition) is 1. The number of benzene rings is 2. The van der Waals surface area contributed by atoms with Crippen LogP contribution in [0.3, 0.4) is 0 Å². The molecule has 8 nitrogen and oxygen atoms in total. The van der Waals surface area contributed by atoms with E-state index in [4.69, 9.17) is 9.47 Å². The lowest BCUT2D eigenvalue weighted by molar-refractivity contribution is 0.0227. The fourth-order valence-electron chi connectivity index (χ4n) is 4.51. The molecular formula is C28H27N5O3S2. The highest BCUT2D eigenvalue weighted by molar-refractivity contribution is 7.19. The molecule has 2 aromatic carbocycles. The molecule has 0 aliphatic carbocycles. The van der Waals surface area contributed by atoms with E-state index in [2.05, 4.69) is 20.3 Å². The molecule has 0 fully saturated rings. The summed E-state index contributed by atoms with van der Waals surface area (Å²) < 4.78 is 12.9. The molecule has 5 aromatic rings. The van der Waals surface area contributed by atoms with Crippen molar-refractivity contribution in [1.29, 1.82) is 0 Å². The monoisotopic (exact) mass is 545 g/mol. The number of ether oxygens (including phenoxy) is 2. The van der Waals surface area contributed by atoms with Crippen molar-refractivity contribution in [3.8, 4) is 11.5 Å². The summed E-state index contributed by atoms with van der Waals surface area (Å²) in [5.74, 6) is 2.31. The number of thiazole rings is 1. The minimum Gasteiger partial charge on any atom is -0.457 e. The SMILES string of the molecule is Cc1cc(Nc2ncnc3sc4c(c23)CCN(C(=O)OC(C)(C)C)C4)ccc1Oc1ccc2scnc2c1. The summed E-state index contributed by atoms with van der Waals surface area (Å²) in [4.78, 5) is 29.9. The highest BCUT2D eigenvalue weighted by Gasteiger charge is 2.29. The van der Waals surface area contributed by atoms with Crippen molar-refractivity contribution < 1.29 is 14.3 Å². The van der Waals surface area contributed by atoms with Crippen LogP contribution < -0.4 is 10.1 Å². The third kappa shape index (κ3) is 4.89. The Morgan fingerprint density at radius 1 is 1.11 bits per heavy atom. The summed E-state index contributed by atoms with van der Waals surface area (Å²) in [5, 5.41) is 4.51. The van der Waals surface area contributed by atoms with Crippen molar-refractivity contribution in [2.75, 3.05) is 11.9 Å². The van der Waals surface area contributed by atoms with Crippen molar-refractivity contribution in [3.63, 3.8) is 0 Å². The number of fused-ring (bicyclic) bond motifs is 4. The van der Waals surface area contributed by atoms with E-state index in [9.17, 15) is 4.79 Å². The van der Waals surface area contributed by atoms with Crippen molar-refractivity contribution in [3.05, 3.63) is 64.2 Å². The van der Waals surface area contributed by atoms with Gasteiger partial charge in [-0.2, -0.15) is 0 Å². The van der Waals surface area contributed by atoms with Gasteiger partial charge in [0.05, 0.1) is 27.7 Å². The molecule has 10 heteroatoms. The second kappa shape index (κ2) is 9.52. The maximum atomic E-state index is 12.6. The standard InChI is InChI=1S/C28H27N5O3S2/c1-16-11-17(5-7-21(16)35-18-6-8-22-20(12-18)31-15-37-22)32-25-24-19-9-10-33(27(34)36-28(2,3)4)13-23(19)38-26(24)30-14-29-25/h5-8,11-12,14-15H,9-10,13H2,1-4H3,(H,29,30,32). The molecule has 0 atom stereocenters. The van der Waals surface area contributed by atoms with Crippen LogP contribution in [0.5, 0.6) is 11.5 Å². The van der Waals surface area contributed by atoms with E-state index in [1.807, 2.05) is 69.6 Å². The molecule has 0 bridgehead atoms. The van der Waals surface area contributed by atoms with Crippen molar-refractivity contribution in [2.45, 2.75) is 46.3 Å². The minimum absolute atomic E-state index is 0.283. The van der Waals surface area contributed by atoms with Gasteiger partial charge in [-0.05, 0) is 75.6 Å². The molecule has 6 rings (SSSR count). The maximum absolute atomic E-state index is 12.6. The third-order valence-electron chi connectivity index (χ3n) is 6.26. The largest absolute Gasteiger partial charge is 0.457 e. The Bertz CT molecular complexity index is 1670. The molecule has 1 N–H and O–H groups in total. The number of anilines is 2. The average molecular weight is 546 g/mol. The molecule has 0 unspecified atom stereocenters. The Morgan fingerprint density at radius 2 is 1.97 bits per heavy atom. The first-order chi connectivity index (χ1) is 18.2. The fraction of sp³-hybridized carbons (Fsp3) is 0.286. The first-order valence-electron chi connectivity index (χ1n) is 12.4. The molecule has 4 heterocycles. The molecule has 0 saturated heterocycles. The van der Waals surface area contributed by atoms with Crippen LogP contribution in [-0.4, -0.2) is 38.1 Å². The van der Waals surface area contributed by atoms with Gasteiger partial charge in [-0.1, -0.05) is 0 Å². The van der Waals surface area contributed by atoms with Crippen molar-refractivity contribution >= 4 is 60.7 Å². The number of hydrogen-bond acceptors (Lipinski definition) is 9. The van der Waals surface area contributed by atoms with Gasteiger partial charge in [0.25, 0.3) is 0 Å². The van der Waals surface area contributed by atoms with Gasteiger partial charge in [-0.25, -0.2) is 19.7 Å². The zero-order chi connectivity index (χ0) is 26.4. The van der Waals surface area contributed by atoms with Gasteiger partial charge in [-0.15, -0.1) is 22.7 Å². The second-order valence-corrected chi connectivity index (χ2v) is 12.2. The number of aryl methyl sites for hydroxylation is 1. The van der Waals surface area contributed by atoms with Gasteiger partial charge < -0.3 is 19.7 Å². The lowest BCUT2D eigenvalue weighted by atomic mass is 10.1. The Morgan fingerprint density at radius 3 is 2.79 bits per heavy atom. The quantitative estimate of drug-likeness (QED) is 0.251. The zero-order valence-corrected chi connectivity index (χ0v) is 23.2. The van der Waals surface area contributed by atoms with Crippen LogP contribution in [-0.2, 0) is 17.7 Å². The van der Waals surface area contributed by atoms with Crippen LogP contribution in [0, 0.1) is 6.92 Å². The van der Waals surface area contributed by atoms with E-state index in [0.29, 0.717) is 13.1 Å². The Labute approximate surface area is 228 Å². The minimum atomic E-state index is -0.520. The molecule has 1 aliphatic heterocycles. The van der Waals surface area contributed by atoms with Crippen LogP contribution in [0.1, 0.15) is 36.8 Å². The maximum Gasteiger partial charge on any atom is 0.410 e. The first kappa shape index (κ1) is 24.6. The summed E-state index contributed by atoms with van der Waals surface area (Å²) in [7, 11) is 0. The second-order valence-electron chi connectivity index (χ2n) is 10.2. The van der Waals surface area contributed by atoms with Crippen molar-refractivity contribution in [1.82, 2.24) is 19.9 Å². The Balaban J connectivity index is 1.22. The number of nitrogens with zero attached hydrogens (tertiary/aromatic N) is 4. The molecule has 1 aliphatic rings. The number of rotatable bonds is 4. The molecule has 194 valence electrons.